The van der Waals surface area contributed by atoms with Crippen LogP contribution in [0.5, 0.6) is 0 Å². The number of carbonyl (C=O) groups is 3. The molecule has 0 radical (unpaired) electrons. The Morgan fingerprint density at radius 2 is 1.65 bits per heavy atom. The van der Waals surface area contributed by atoms with E-state index in [1.807, 2.05) is 0 Å². The average molecular weight is 427 g/mol. The van der Waals surface area contributed by atoms with Crippen LogP contribution in [0.15, 0.2) is 47.1 Å². The van der Waals surface area contributed by atoms with Crippen molar-refractivity contribution in [3.05, 3.63) is 59.8 Å². The molecule has 1 atom stereocenters. The van der Waals surface area contributed by atoms with Crippen molar-refractivity contribution in [1.29, 1.82) is 0 Å². The predicted molar refractivity (Wildman–Crippen MR) is 111 cm³/mol. The molecule has 31 heavy (non-hydrogen) atoms. The second kappa shape index (κ2) is 9.32. The quantitative estimate of drug-likeness (QED) is 0.795. The molecule has 7 nitrogen and oxygen atoms in total. The van der Waals surface area contributed by atoms with E-state index in [-0.39, 0.29) is 17.7 Å². The highest BCUT2D eigenvalue weighted by atomic mass is 19.1. The monoisotopic (exact) mass is 427 g/mol. The number of nitrogens with zero attached hydrogens (tertiary/aromatic N) is 2. The van der Waals surface area contributed by atoms with Gasteiger partial charge < -0.3 is 19.5 Å². The van der Waals surface area contributed by atoms with Crippen LogP contribution >= 0.6 is 0 Å². The van der Waals surface area contributed by atoms with Gasteiger partial charge in [0, 0.05) is 31.7 Å². The third-order valence-corrected chi connectivity index (χ3v) is 6.11. The van der Waals surface area contributed by atoms with Crippen molar-refractivity contribution in [3.63, 3.8) is 0 Å². The number of hydrogen-bond acceptors (Lipinski definition) is 4. The van der Waals surface area contributed by atoms with Gasteiger partial charge in [0.25, 0.3) is 11.8 Å². The molecule has 2 aliphatic rings. The SMILES string of the molecule is O=C(N[C@@H](C(=O)N1CCCC1)C1CCN(C(=O)c2ccco2)CC1)c1ccc(F)cc1. The van der Waals surface area contributed by atoms with Crippen molar-refractivity contribution in [2.45, 2.75) is 31.7 Å². The first-order valence-corrected chi connectivity index (χ1v) is 10.7. The summed E-state index contributed by atoms with van der Waals surface area (Å²) in [6, 6.07) is 7.92. The number of nitrogens with one attached hydrogen (secondary N) is 1. The fourth-order valence-electron chi connectivity index (χ4n) is 4.33. The van der Waals surface area contributed by atoms with Crippen LogP contribution in [0, 0.1) is 11.7 Å². The lowest BCUT2D eigenvalue weighted by Gasteiger charge is -2.36. The number of furan rings is 1. The Morgan fingerprint density at radius 1 is 0.968 bits per heavy atom. The molecule has 3 heterocycles. The maximum absolute atomic E-state index is 13.2. The van der Waals surface area contributed by atoms with Gasteiger partial charge >= 0.3 is 0 Å². The molecule has 0 aliphatic carbocycles. The minimum atomic E-state index is -0.670. The topological polar surface area (TPSA) is 82.9 Å². The number of rotatable bonds is 5. The predicted octanol–water partition coefficient (Wildman–Crippen LogP) is 2.69. The molecule has 4 rings (SSSR count). The largest absolute Gasteiger partial charge is 0.459 e. The van der Waals surface area contributed by atoms with E-state index < -0.39 is 17.8 Å². The number of carbonyl (C=O) groups excluding carboxylic acids is 3. The second-order valence-electron chi connectivity index (χ2n) is 8.10. The minimum absolute atomic E-state index is 0.0798. The Balaban J connectivity index is 1.45. The van der Waals surface area contributed by atoms with Gasteiger partial charge in [-0.1, -0.05) is 0 Å². The number of piperidine rings is 1. The summed E-state index contributed by atoms with van der Waals surface area (Å²) in [5.74, 6) is -0.850. The van der Waals surface area contributed by atoms with Gasteiger partial charge in [-0.25, -0.2) is 4.39 Å². The molecular formula is C23H26FN3O4. The fourth-order valence-corrected chi connectivity index (χ4v) is 4.33. The number of hydrogen-bond donors (Lipinski definition) is 1. The lowest BCUT2D eigenvalue weighted by atomic mass is 9.88. The second-order valence-corrected chi connectivity index (χ2v) is 8.10. The maximum atomic E-state index is 13.2. The summed E-state index contributed by atoms with van der Waals surface area (Å²) in [6.07, 6.45) is 4.58. The van der Waals surface area contributed by atoms with Crippen LogP contribution in [-0.2, 0) is 4.79 Å². The van der Waals surface area contributed by atoms with Crippen molar-refractivity contribution in [2.75, 3.05) is 26.2 Å². The van der Waals surface area contributed by atoms with Gasteiger partial charge in [0.15, 0.2) is 5.76 Å². The van der Waals surface area contributed by atoms with E-state index in [4.69, 9.17) is 4.42 Å². The summed E-state index contributed by atoms with van der Waals surface area (Å²) in [7, 11) is 0. The zero-order valence-electron chi connectivity index (χ0n) is 17.3. The van der Waals surface area contributed by atoms with Crippen molar-refractivity contribution in [2.24, 2.45) is 5.92 Å². The van der Waals surface area contributed by atoms with Gasteiger partial charge in [0.2, 0.25) is 5.91 Å². The molecule has 2 fully saturated rings. The third-order valence-electron chi connectivity index (χ3n) is 6.11. The molecule has 1 aromatic carbocycles. The first-order chi connectivity index (χ1) is 15.0. The summed E-state index contributed by atoms with van der Waals surface area (Å²) in [4.78, 5) is 42.0. The molecule has 2 aliphatic heterocycles. The minimum Gasteiger partial charge on any atom is -0.459 e. The molecule has 0 bridgehead atoms. The highest BCUT2D eigenvalue weighted by Gasteiger charge is 2.37. The van der Waals surface area contributed by atoms with Gasteiger partial charge in [-0.05, 0) is 68.0 Å². The Bertz CT molecular complexity index is 915. The number of benzene rings is 1. The van der Waals surface area contributed by atoms with E-state index in [2.05, 4.69) is 5.32 Å². The summed E-state index contributed by atoms with van der Waals surface area (Å²) in [5, 5.41) is 2.90. The van der Waals surface area contributed by atoms with Crippen LogP contribution in [0.1, 0.15) is 46.6 Å². The van der Waals surface area contributed by atoms with Crippen LogP contribution in [0.2, 0.25) is 0 Å². The van der Waals surface area contributed by atoms with E-state index in [0.717, 1.165) is 12.8 Å². The Hall–Kier alpha value is -3.16. The highest BCUT2D eigenvalue weighted by Crippen LogP contribution is 2.25. The molecular weight excluding hydrogens is 401 g/mol. The lowest BCUT2D eigenvalue weighted by Crippen LogP contribution is -2.54. The molecule has 0 unspecified atom stereocenters. The van der Waals surface area contributed by atoms with Gasteiger partial charge in [0.05, 0.1) is 6.26 Å². The van der Waals surface area contributed by atoms with Crippen LogP contribution in [-0.4, -0.2) is 59.7 Å². The first-order valence-electron chi connectivity index (χ1n) is 10.7. The van der Waals surface area contributed by atoms with Gasteiger partial charge in [-0.2, -0.15) is 0 Å². The zero-order chi connectivity index (χ0) is 21.8. The number of halogens is 1. The Morgan fingerprint density at radius 3 is 2.26 bits per heavy atom. The number of likely N-dealkylation sites (tertiary alicyclic amines) is 2. The van der Waals surface area contributed by atoms with E-state index in [1.165, 1.54) is 30.5 Å². The molecule has 2 aromatic rings. The molecule has 1 N–H and O–H groups in total. The zero-order valence-corrected chi connectivity index (χ0v) is 17.3. The molecule has 2 saturated heterocycles. The molecule has 3 amide bonds. The van der Waals surface area contributed by atoms with E-state index in [0.29, 0.717) is 50.3 Å². The average Bonchev–Trinajstić information content (AvgIpc) is 3.52. The maximum Gasteiger partial charge on any atom is 0.289 e. The van der Waals surface area contributed by atoms with Crippen molar-refractivity contribution < 1.29 is 23.2 Å². The van der Waals surface area contributed by atoms with Gasteiger partial charge in [-0.3, -0.25) is 14.4 Å². The molecule has 0 spiro atoms. The van der Waals surface area contributed by atoms with Crippen molar-refractivity contribution >= 4 is 17.7 Å². The highest BCUT2D eigenvalue weighted by molar-refractivity contribution is 5.97. The molecule has 164 valence electrons. The van der Waals surface area contributed by atoms with Crippen LogP contribution in [0.3, 0.4) is 0 Å². The van der Waals surface area contributed by atoms with Crippen LogP contribution < -0.4 is 5.32 Å². The van der Waals surface area contributed by atoms with E-state index in [1.54, 1.807) is 21.9 Å². The van der Waals surface area contributed by atoms with Crippen molar-refractivity contribution in [3.8, 4) is 0 Å². The van der Waals surface area contributed by atoms with Crippen LogP contribution in [0.4, 0.5) is 4.39 Å². The summed E-state index contributed by atoms with van der Waals surface area (Å²) in [6.45, 7) is 2.36. The van der Waals surface area contributed by atoms with Gasteiger partial charge in [0.1, 0.15) is 11.9 Å². The van der Waals surface area contributed by atoms with Gasteiger partial charge in [-0.15, -0.1) is 0 Å². The summed E-state index contributed by atoms with van der Waals surface area (Å²) >= 11 is 0. The fraction of sp³-hybridized carbons (Fsp3) is 0.435. The summed E-state index contributed by atoms with van der Waals surface area (Å²) in [5.41, 5.74) is 0.311. The smallest absolute Gasteiger partial charge is 0.289 e. The Labute approximate surface area is 180 Å². The van der Waals surface area contributed by atoms with E-state index >= 15 is 0 Å². The van der Waals surface area contributed by atoms with Crippen LogP contribution in [0.25, 0.3) is 0 Å². The first kappa shape index (κ1) is 21.1. The van der Waals surface area contributed by atoms with E-state index in [9.17, 15) is 18.8 Å². The molecule has 1 aromatic heterocycles. The normalized spacial score (nSPS) is 18.1. The lowest BCUT2D eigenvalue weighted by molar-refractivity contribution is -0.134. The summed E-state index contributed by atoms with van der Waals surface area (Å²) < 4.78 is 18.4. The Kier molecular flexibility index (Phi) is 6.34. The standard InChI is InChI=1S/C23H26FN3O4/c24-18-7-5-17(6-8-18)21(28)25-20(23(30)26-11-1-2-12-26)16-9-13-27(14-10-16)22(29)19-4-3-15-31-19/h3-8,15-16,20H,1-2,9-14H2,(H,25,28)/t20-/m1/s1. The molecule has 8 heteroatoms. The number of amides is 3. The van der Waals surface area contributed by atoms with Crippen molar-refractivity contribution in [1.82, 2.24) is 15.1 Å². The molecule has 0 saturated carbocycles. The third kappa shape index (κ3) is 4.78.